The average Bonchev–Trinajstić information content (AvgIpc) is 3.08. The van der Waals surface area contributed by atoms with Crippen molar-refractivity contribution in [3.8, 4) is 11.4 Å². The summed E-state index contributed by atoms with van der Waals surface area (Å²) in [6.45, 7) is 0.560. The van der Waals surface area contributed by atoms with Crippen LogP contribution in [0.15, 0.2) is 67.3 Å². The Bertz CT molecular complexity index is 874. The molecule has 1 atom stereocenters. The van der Waals surface area contributed by atoms with E-state index in [1.807, 2.05) is 59.3 Å². The van der Waals surface area contributed by atoms with E-state index in [-0.39, 0.29) is 11.8 Å². The summed E-state index contributed by atoms with van der Waals surface area (Å²) in [5.74, 6) is 0.823. The summed E-state index contributed by atoms with van der Waals surface area (Å²) in [7, 11) is 0. The van der Waals surface area contributed by atoms with Crippen molar-refractivity contribution in [3.05, 3.63) is 72.8 Å². The van der Waals surface area contributed by atoms with Gasteiger partial charge in [-0.25, -0.2) is 4.98 Å². The maximum atomic E-state index is 12.7. The Labute approximate surface area is 146 Å². The molecule has 1 N–H and O–H groups in total. The lowest BCUT2D eigenvalue weighted by Crippen LogP contribution is -2.25. The number of amides is 1. The summed E-state index contributed by atoms with van der Waals surface area (Å²) < 4.78 is 7.66. The zero-order valence-corrected chi connectivity index (χ0v) is 13.8. The van der Waals surface area contributed by atoms with Crippen LogP contribution in [0.5, 0.6) is 5.75 Å². The first-order valence-electron chi connectivity index (χ1n) is 8.39. The number of para-hydroxylation sites is 1. The van der Waals surface area contributed by atoms with Gasteiger partial charge in [0.05, 0.1) is 12.9 Å². The molecule has 0 fully saturated rings. The van der Waals surface area contributed by atoms with Crippen LogP contribution in [0.4, 0.5) is 5.69 Å². The molecule has 1 aliphatic rings. The number of imidazole rings is 1. The number of carbonyl (C=O) groups excluding carboxylic acids is 1. The van der Waals surface area contributed by atoms with E-state index in [2.05, 4.69) is 10.3 Å². The van der Waals surface area contributed by atoms with Crippen molar-refractivity contribution in [2.45, 2.75) is 12.8 Å². The Hall–Kier alpha value is -3.08. The molecule has 0 aliphatic carbocycles. The van der Waals surface area contributed by atoms with Crippen molar-refractivity contribution in [2.24, 2.45) is 5.92 Å². The van der Waals surface area contributed by atoms with E-state index in [4.69, 9.17) is 4.74 Å². The molecule has 4 rings (SSSR count). The van der Waals surface area contributed by atoms with Crippen molar-refractivity contribution in [1.82, 2.24) is 9.55 Å². The number of hydrogen-bond acceptors (Lipinski definition) is 3. The minimum Gasteiger partial charge on any atom is -0.493 e. The van der Waals surface area contributed by atoms with Gasteiger partial charge in [0.15, 0.2) is 0 Å². The highest BCUT2D eigenvalue weighted by Gasteiger charge is 2.23. The Morgan fingerprint density at radius 3 is 3.00 bits per heavy atom. The quantitative estimate of drug-likeness (QED) is 0.799. The van der Waals surface area contributed by atoms with E-state index < -0.39 is 0 Å². The van der Waals surface area contributed by atoms with Crippen molar-refractivity contribution in [3.63, 3.8) is 0 Å². The van der Waals surface area contributed by atoms with Gasteiger partial charge in [-0.1, -0.05) is 24.3 Å². The molecule has 3 aromatic rings. The molecule has 1 amide bonds. The van der Waals surface area contributed by atoms with Gasteiger partial charge in [0.1, 0.15) is 5.75 Å². The predicted octanol–water partition coefficient (Wildman–Crippen LogP) is 3.45. The highest BCUT2D eigenvalue weighted by atomic mass is 16.5. The molecule has 5 heteroatoms. The summed E-state index contributed by atoms with van der Waals surface area (Å²) in [6.07, 6.45) is 6.75. The third kappa shape index (κ3) is 3.40. The van der Waals surface area contributed by atoms with Gasteiger partial charge < -0.3 is 14.6 Å². The first kappa shape index (κ1) is 15.4. The van der Waals surface area contributed by atoms with Gasteiger partial charge in [-0.15, -0.1) is 0 Å². The molecule has 1 unspecified atom stereocenters. The number of fused-ring (bicyclic) bond motifs is 1. The third-order valence-electron chi connectivity index (χ3n) is 4.45. The second kappa shape index (κ2) is 6.81. The van der Waals surface area contributed by atoms with Crippen molar-refractivity contribution in [2.75, 3.05) is 11.9 Å². The predicted molar refractivity (Wildman–Crippen MR) is 95.9 cm³/mol. The van der Waals surface area contributed by atoms with Crippen LogP contribution >= 0.6 is 0 Å². The molecule has 0 bridgehead atoms. The zero-order chi connectivity index (χ0) is 17.1. The van der Waals surface area contributed by atoms with E-state index in [1.54, 1.807) is 12.5 Å². The van der Waals surface area contributed by atoms with Crippen molar-refractivity contribution >= 4 is 11.6 Å². The molecular weight excluding hydrogens is 314 g/mol. The molecule has 5 nitrogen and oxygen atoms in total. The molecule has 0 radical (unpaired) electrons. The van der Waals surface area contributed by atoms with Gasteiger partial charge >= 0.3 is 0 Å². The van der Waals surface area contributed by atoms with Gasteiger partial charge in [0.25, 0.3) is 0 Å². The summed E-state index contributed by atoms with van der Waals surface area (Å²) in [5, 5.41) is 3.04. The molecule has 0 spiro atoms. The third-order valence-corrected chi connectivity index (χ3v) is 4.45. The maximum absolute atomic E-state index is 12.7. The monoisotopic (exact) mass is 333 g/mol. The standard InChI is InChI=1S/C20H19N3O2/c24-20(16-8-11-25-19-7-2-1-4-15(19)12-16)22-17-5-3-6-18(13-17)23-10-9-21-14-23/h1-7,9-10,13-14,16H,8,11-12H2,(H,22,24). The molecule has 0 saturated heterocycles. The van der Waals surface area contributed by atoms with E-state index in [9.17, 15) is 4.79 Å². The minimum atomic E-state index is -0.0967. The summed E-state index contributed by atoms with van der Waals surface area (Å²) in [6, 6.07) is 15.7. The highest BCUT2D eigenvalue weighted by molar-refractivity contribution is 5.93. The van der Waals surface area contributed by atoms with Crippen LogP contribution in [-0.4, -0.2) is 22.1 Å². The normalized spacial score (nSPS) is 16.4. The Balaban J connectivity index is 1.50. The van der Waals surface area contributed by atoms with Crippen LogP contribution < -0.4 is 10.1 Å². The number of benzene rings is 2. The second-order valence-electron chi connectivity index (χ2n) is 6.16. The number of ether oxygens (including phenoxy) is 1. The Morgan fingerprint density at radius 1 is 1.20 bits per heavy atom. The van der Waals surface area contributed by atoms with Gasteiger partial charge in [-0.05, 0) is 42.7 Å². The number of rotatable bonds is 3. The largest absolute Gasteiger partial charge is 0.493 e. The summed E-state index contributed by atoms with van der Waals surface area (Å²) in [5.41, 5.74) is 2.84. The molecule has 0 saturated carbocycles. The highest BCUT2D eigenvalue weighted by Crippen LogP contribution is 2.27. The fourth-order valence-electron chi connectivity index (χ4n) is 3.12. The van der Waals surface area contributed by atoms with E-state index >= 15 is 0 Å². The molecule has 126 valence electrons. The van der Waals surface area contributed by atoms with Crippen LogP contribution in [0.2, 0.25) is 0 Å². The molecule has 1 aromatic heterocycles. The van der Waals surface area contributed by atoms with E-state index in [0.717, 1.165) is 22.7 Å². The van der Waals surface area contributed by atoms with Crippen LogP contribution in [0.25, 0.3) is 5.69 Å². The summed E-state index contributed by atoms with van der Waals surface area (Å²) in [4.78, 5) is 16.8. The smallest absolute Gasteiger partial charge is 0.227 e. The molecule has 1 aliphatic heterocycles. The molecular formula is C20H19N3O2. The number of anilines is 1. The van der Waals surface area contributed by atoms with Crippen LogP contribution in [0.1, 0.15) is 12.0 Å². The topological polar surface area (TPSA) is 56.2 Å². The van der Waals surface area contributed by atoms with Crippen molar-refractivity contribution in [1.29, 1.82) is 0 Å². The van der Waals surface area contributed by atoms with E-state index in [0.29, 0.717) is 19.4 Å². The molecule has 2 heterocycles. The zero-order valence-electron chi connectivity index (χ0n) is 13.8. The fourth-order valence-corrected chi connectivity index (χ4v) is 3.12. The Kier molecular flexibility index (Phi) is 4.21. The van der Waals surface area contributed by atoms with Gasteiger partial charge in [-0.3, -0.25) is 4.79 Å². The number of carbonyl (C=O) groups is 1. The minimum absolute atomic E-state index is 0.0306. The summed E-state index contributed by atoms with van der Waals surface area (Å²) >= 11 is 0. The first-order chi connectivity index (χ1) is 12.3. The lowest BCUT2D eigenvalue weighted by Gasteiger charge is -2.14. The average molecular weight is 333 g/mol. The van der Waals surface area contributed by atoms with E-state index in [1.165, 1.54) is 0 Å². The van der Waals surface area contributed by atoms with Crippen molar-refractivity contribution < 1.29 is 9.53 Å². The lowest BCUT2D eigenvalue weighted by atomic mass is 9.96. The fraction of sp³-hybridized carbons (Fsp3) is 0.200. The van der Waals surface area contributed by atoms with Crippen LogP contribution in [-0.2, 0) is 11.2 Å². The number of nitrogens with zero attached hydrogens (tertiary/aromatic N) is 2. The SMILES string of the molecule is O=C(Nc1cccc(-n2ccnc2)c1)C1CCOc2ccccc2C1. The van der Waals surface area contributed by atoms with Gasteiger partial charge in [0.2, 0.25) is 5.91 Å². The van der Waals surface area contributed by atoms with Gasteiger partial charge in [-0.2, -0.15) is 0 Å². The Morgan fingerprint density at radius 2 is 2.12 bits per heavy atom. The number of aromatic nitrogens is 2. The number of nitrogens with one attached hydrogen (secondary N) is 1. The number of hydrogen-bond donors (Lipinski definition) is 1. The lowest BCUT2D eigenvalue weighted by molar-refractivity contribution is -0.120. The van der Waals surface area contributed by atoms with Gasteiger partial charge in [0, 0.05) is 29.7 Å². The second-order valence-corrected chi connectivity index (χ2v) is 6.16. The maximum Gasteiger partial charge on any atom is 0.227 e. The van der Waals surface area contributed by atoms with Crippen LogP contribution in [0, 0.1) is 5.92 Å². The molecule has 25 heavy (non-hydrogen) atoms. The molecule has 2 aromatic carbocycles. The van der Waals surface area contributed by atoms with Crippen LogP contribution in [0.3, 0.4) is 0 Å². The first-order valence-corrected chi connectivity index (χ1v) is 8.39.